The largest absolute Gasteiger partial charge is 0.494 e. The van der Waals surface area contributed by atoms with Crippen LogP contribution in [0, 0.1) is 0 Å². The van der Waals surface area contributed by atoms with Crippen LogP contribution in [0.5, 0.6) is 28.7 Å². The number of hydrogen-bond acceptors (Lipinski definition) is 9. The summed E-state index contributed by atoms with van der Waals surface area (Å²) in [6.45, 7) is 8.14. The molecule has 0 bridgehead atoms. The molecule has 0 radical (unpaired) electrons. The number of ether oxygens (including phenoxy) is 5. The zero-order valence-corrected chi connectivity index (χ0v) is 46.0. The van der Waals surface area contributed by atoms with Gasteiger partial charge in [-0.15, -0.1) is 0 Å². The third-order valence-corrected chi connectivity index (χ3v) is 13.9. The van der Waals surface area contributed by atoms with Crippen LogP contribution < -0.4 is 23.7 Å². The number of aromatic nitrogens is 4. The Labute approximate surface area is 452 Å². The Kier molecular flexibility index (Phi) is 28.7. The van der Waals surface area contributed by atoms with Crippen molar-refractivity contribution in [2.75, 3.05) is 33.0 Å². The Hall–Kier alpha value is -5.96. The normalized spacial score (nSPS) is 11.2. The van der Waals surface area contributed by atoms with Crippen molar-refractivity contribution in [3.8, 4) is 62.7 Å². The van der Waals surface area contributed by atoms with Crippen LogP contribution in [0.25, 0.3) is 33.9 Å². The smallest absolute Gasteiger partial charge is 0.159 e. The Balaban J connectivity index is 0.701. The van der Waals surface area contributed by atoms with Gasteiger partial charge in [0.1, 0.15) is 17.2 Å². The van der Waals surface area contributed by atoms with Gasteiger partial charge in [0.05, 0.1) is 57.8 Å². The van der Waals surface area contributed by atoms with Gasteiger partial charge in [0, 0.05) is 11.1 Å². The molecule has 404 valence electrons. The fraction of sp³-hybridized carbons (Fsp3) is 0.515. The molecule has 6 rings (SSSR count). The van der Waals surface area contributed by atoms with Crippen LogP contribution in [0.4, 0.5) is 0 Å². The molecule has 0 amide bonds. The van der Waals surface area contributed by atoms with Gasteiger partial charge in [-0.05, 0) is 122 Å². The maximum Gasteiger partial charge on any atom is 0.159 e. The highest BCUT2D eigenvalue weighted by Crippen LogP contribution is 2.26. The third kappa shape index (κ3) is 24.1. The zero-order chi connectivity index (χ0) is 52.1. The molecule has 9 nitrogen and oxygen atoms in total. The van der Waals surface area contributed by atoms with E-state index in [1.54, 1.807) is 24.8 Å². The summed E-state index contributed by atoms with van der Waals surface area (Å²) in [7, 11) is 0. The molecular weight excluding hydrogens is 929 g/mol. The molecule has 0 saturated carbocycles. The first-order valence-electron chi connectivity index (χ1n) is 29.3. The molecule has 0 atom stereocenters. The second kappa shape index (κ2) is 36.9. The Morgan fingerprint density at radius 3 is 0.827 bits per heavy atom. The summed E-state index contributed by atoms with van der Waals surface area (Å²) in [6, 6.07) is 33.8. The lowest BCUT2D eigenvalue weighted by atomic mass is 10.0. The molecule has 75 heavy (non-hydrogen) atoms. The van der Waals surface area contributed by atoms with Gasteiger partial charge < -0.3 is 23.7 Å². The lowest BCUT2D eigenvalue weighted by molar-refractivity contribution is 0.298. The molecule has 0 N–H and O–H groups in total. The molecule has 0 aliphatic carbocycles. The summed E-state index contributed by atoms with van der Waals surface area (Å²) in [6.07, 6.45) is 40.1. The van der Waals surface area contributed by atoms with Crippen molar-refractivity contribution in [2.24, 2.45) is 0 Å². The highest BCUT2D eigenvalue weighted by Gasteiger charge is 2.07. The number of nitrogens with zero attached hydrogens (tertiary/aromatic N) is 4. The first kappa shape index (κ1) is 58.3. The summed E-state index contributed by atoms with van der Waals surface area (Å²) in [5, 5.41) is 0. The highest BCUT2D eigenvalue weighted by molar-refractivity contribution is 5.64. The number of aryl methyl sites for hydroxylation is 1. The van der Waals surface area contributed by atoms with Crippen molar-refractivity contribution in [2.45, 2.75) is 187 Å². The van der Waals surface area contributed by atoms with Crippen molar-refractivity contribution in [3.63, 3.8) is 0 Å². The molecule has 0 saturated heterocycles. The minimum absolute atomic E-state index is 0.675. The van der Waals surface area contributed by atoms with Gasteiger partial charge in [0.15, 0.2) is 23.1 Å². The average Bonchev–Trinajstić information content (AvgIpc) is 3.45. The van der Waals surface area contributed by atoms with Gasteiger partial charge >= 0.3 is 0 Å². The number of benzene rings is 4. The van der Waals surface area contributed by atoms with Crippen LogP contribution in [-0.2, 0) is 6.42 Å². The average molecular weight is 1020 g/mol. The molecule has 4 aromatic carbocycles. The third-order valence-electron chi connectivity index (χ3n) is 13.9. The standard InChI is InChI=1S/C66H90N4O5/c1-3-5-7-9-17-23-29-55-30-32-56(33-31-55)57-34-40-60(41-35-57)71-46-24-19-13-11-14-20-25-47-72-61-44-38-59(39-45-61)66-69-53-64(54-70-66)75-50-28-22-16-12-15-21-26-48-73-62-42-36-58(37-43-62)65-67-51-63(52-68-65)74-49-27-18-10-8-6-4-2/h30-45,51-54H,3-29,46-50H2,1-2H3. The second-order valence-corrected chi connectivity index (χ2v) is 20.2. The number of rotatable bonds is 42. The van der Waals surface area contributed by atoms with Crippen LogP contribution in [0.2, 0.25) is 0 Å². The van der Waals surface area contributed by atoms with Crippen LogP contribution >= 0.6 is 0 Å². The molecule has 0 aliphatic rings. The van der Waals surface area contributed by atoms with Gasteiger partial charge in [-0.2, -0.15) is 0 Å². The molecule has 2 aromatic heterocycles. The predicted octanol–water partition coefficient (Wildman–Crippen LogP) is 18.3. The molecular formula is C66H90N4O5. The van der Waals surface area contributed by atoms with Gasteiger partial charge in [0.2, 0.25) is 0 Å². The van der Waals surface area contributed by atoms with E-state index in [1.165, 1.54) is 152 Å². The molecule has 0 unspecified atom stereocenters. The summed E-state index contributed by atoms with van der Waals surface area (Å²) in [5.41, 5.74) is 5.89. The van der Waals surface area contributed by atoms with Gasteiger partial charge in [-0.25, -0.2) is 19.9 Å². The first-order valence-corrected chi connectivity index (χ1v) is 29.3. The quantitative estimate of drug-likeness (QED) is 0.0347. The second-order valence-electron chi connectivity index (χ2n) is 20.2. The van der Waals surface area contributed by atoms with E-state index in [0.717, 1.165) is 92.5 Å². The molecule has 0 aliphatic heterocycles. The van der Waals surface area contributed by atoms with E-state index in [-0.39, 0.29) is 0 Å². The molecule has 6 aromatic rings. The fourth-order valence-corrected chi connectivity index (χ4v) is 9.21. The summed E-state index contributed by atoms with van der Waals surface area (Å²) in [5.74, 6) is 5.53. The van der Waals surface area contributed by atoms with E-state index in [1.807, 2.05) is 48.5 Å². The van der Waals surface area contributed by atoms with Crippen LogP contribution in [0.15, 0.2) is 122 Å². The maximum absolute atomic E-state index is 6.06. The molecule has 9 heteroatoms. The van der Waals surface area contributed by atoms with Gasteiger partial charge in [0.25, 0.3) is 0 Å². The predicted molar refractivity (Wildman–Crippen MR) is 309 cm³/mol. The maximum atomic E-state index is 6.06. The Morgan fingerprint density at radius 2 is 0.507 bits per heavy atom. The summed E-state index contributed by atoms with van der Waals surface area (Å²) < 4.78 is 29.9. The first-order chi connectivity index (χ1) is 37.2. The van der Waals surface area contributed by atoms with E-state index in [4.69, 9.17) is 23.7 Å². The van der Waals surface area contributed by atoms with Crippen molar-refractivity contribution in [3.05, 3.63) is 127 Å². The lowest BCUT2D eigenvalue weighted by Gasteiger charge is -2.09. The van der Waals surface area contributed by atoms with Gasteiger partial charge in [-0.1, -0.05) is 179 Å². The van der Waals surface area contributed by atoms with Crippen molar-refractivity contribution >= 4 is 0 Å². The van der Waals surface area contributed by atoms with E-state index in [0.29, 0.717) is 30.6 Å². The Bertz CT molecular complexity index is 2320. The topological polar surface area (TPSA) is 97.7 Å². The minimum atomic E-state index is 0.675. The summed E-state index contributed by atoms with van der Waals surface area (Å²) in [4.78, 5) is 18.1. The molecule has 0 spiro atoms. The zero-order valence-electron chi connectivity index (χ0n) is 46.0. The van der Waals surface area contributed by atoms with E-state index < -0.39 is 0 Å². The molecule has 2 heterocycles. The fourth-order valence-electron chi connectivity index (χ4n) is 9.21. The molecule has 0 fully saturated rings. The van der Waals surface area contributed by atoms with Crippen LogP contribution in [0.1, 0.15) is 186 Å². The van der Waals surface area contributed by atoms with Crippen molar-refractivity contribution < 1.29 is 23.7 Å². The van der Waals surface area contributed by atoms with Gasteiger partial charge in [-0.3, -0.25) is 0 Å². The van der Waals surface area contributed by atoms with Crippen LogP contribution in [-0.4, -0.2) is 53.0 Å². The lowest BCUT2D eigenvalue weighted by Crippen LogP contribution is -2.00. The monoisotopic (exact) mass is 1020 g/mol. The SMILES string of the molecule is CCCCCCCCOc1cnc(-c2ccc(OCCCCCCCCCOc3cnc(-c4ccc(OCCCCCCCCCOc5ccc(-c6ccc(CCCCCCCC)cc6)cc5)cc4)nc3)cc2)nc1. The Morgan fingerprint density at radius 1 is 0.253 bits per heavy atom. The van der Waals surface area contributed by atoms with E-state index in [9.17, 15) is 0 Å². The summed E-state index contributed by atoms with van der Waals surface area (Å²) >= 11 is 0. The number of unbranched alkanes of at least 4 members (excludes halogenated alkanes) is 22. The minimum Gasteiger partial charge on any atom is -0.494 e. The van der Waals surface area contributed by atoms with E-state index >= 15 is 0 Å². The van der Waals surface area contributed by atoms with E-state index in [2.05, 4.69) is 82.3 Å². The van der Waals surface area contributed by atoms with Crippen molar-refractivity contribution in [1.82, 2.24) is 19.9 Å². The number of hydrogen-bond donors (Lipinski definition) is 0. The van der Waals surface area contributed by atoms with Crippen LogP contribution in [0.3, 0.4) is 0 Å². The highest BCUT2D eigenvalue weighted by atomic mass is 16.5. The van der Waals surface area contributed by atoms with Crippen molar-refractivity contribution in [1.29, 1.82) is 0 Å².